The number of halogens is 2. The minimum absolute atomic E-state index is 0.0175. The molecule has 2 atom stereocenters. The first-order valence-corrected chi connectivity index (χ1v) is 8.12. The summed E-state index contributed by atoms with van der Waals surface area (Å²) in [6.45, 7) is 3.30. The number of nitrogens with one attached hydrogen (secondary N) is 3. The Hall–Kier alpha value is -2.16. The fraction of sp³-hybridized carbons (Fsp3) is 0.400. The van der Waals surface area contributed by atoms with Crippen molar-refractivity contribution >= 4 is 39.5 Å². The molecule has 132 valence electrons. The monoisotopic (exact) mass is 402 g/mol. The predicted molar refractivity (Wildman–Crippen MR) is 91.7 cm³/mol. The highest BCUT2D eigenvalue weighted by molar-refractivity contribution is 9.10. The van der Waals surface area contributed by atoms with E-state index >= 15 is 0 Å². The Kier molecular flexibility index (Phi) is 7.63. The van der Waals surface area contributed by atoms with Crippen LogP contribution in [-0.4, -0.2) is 30.4 Å². The zero-order valence-corrected chi connectivity index (χ0v) is 14.9. The van der Waals surface area contributed by atoms with Gasteiger partial charge < -0.3 is 21.7 Å². The van der Waals surface area contributed by atoms with Crippen LogP contribution in [0.25, 0.3) is 0 Å². The number of hydrogen-bond acceptors (Lipinski definition) is 3. The van der Waals surface area contributed by atoms with Crippen molar-refractivity contribution in [1.29, 1.82) is 0 Å². The lowest BCUT2D eigenvalue weighted by Crippen LogP contribution is -2.52. The zero-order chi connectivity index (χ0) is 18.3. The molecule has 9 heteroatoms. The predicted octanol–water partition coefficient (Wildman–Crippen LogP) is 1.73. The molecule has 1 rings (SSSR count). The molecule has 1 aromatic carbocycles. The lowest BCUT2D eigenvalue weighted by atomic mass is 9.98. The number of primary amides is 1. The Labute approximate surface area is 147 Å². The largest absolute Gasteiger partial charge is 0.368 e. The van der Waals surface area contributed by atoms with Crippen molar-refractivity contribution in [2.24, 2.45) is 11.7 Å². The third-order valence-electron chi connectivity index (χ3n) is 3.40. The van der Waals surface area contributed by atoms with Gasteiger partial charge in [0.2, 0.25) is 11.8 Å². The van der Waals surface area contributed by atoms with Crippen molar-refractivity contribution in [3.63, 3.8) is 0 Å². The quantitative estimate of drug-likeness (QED) is 0.556. The molecule has 1 aromatic rings. The molecule has 24 heavy (non-hydrogen) atoms. The van der Waals surface area contributed by atoms with Gasteiger partial charge in [-0.05, 0) is 24.1 Å². The molecule has 0 aliphatic carbocycles. The summed E-state index contributed by atoms with van der Waals surface area (Å²) >= 11 is 3.12. The molecule has 0 aliphatic heterocycles. The van der Waals surface area contributed by atoms with E-state index in [0.717, 1.165) is 0 Å². The normalized spacial score (nSPS) is 12.8. The van der Waals surface area contributed by atoms with Crippen LogP contribution in [0.15, 0.2) is 22.7 Å². The average Bonchev–Trinajstić information content (AvgIpc) is 2.52. The number of carbonyl (C=O) groups excluding carboxylic acids is 3. The summed E-state index contributed by atoms with van der Waals surface area (Å²) in [5, 5.41) is 7.19. The minimum atomic E-state index is -0.882. The molecule has 0 saturated carbocycles. The molecule has 0 bridgehead atoms. The van der Waals surface area contributed by atoms with E-state index in [1.807, 2.05) is 6.92 Å². The Balaban J connectivity index is 2.76. The second-order valence-corrected chi connectivity index (χ2v) is 6.19. The Morgan fingerprint density at radius 1 is 1.33 bits per heavy atom. The molecule has 0 spiro atoms. The maximum absolute atomic E-state index is 13.7. The van der Waals surface area contributed by atoms with Gasteiger partial charge in [-0.3, -0.25) is 9.59 Å². The molecule has 5 N–H and O–H groups in total. The highest BCUT2D eigenvalue weighted by atomic mass is 79.9. The van der Waals surface area contributed by atoms with Crippen molar-refractivity contribution in [2.45, 2.75) is 26.3 Å². The van der Waals surface area contributed by atoms with E-state index in [1.165, 1.54) is 12.1 Å². The second kappa shape index (κ2) is 9.21. The highest BCUT2D eigenvalue weighted by Crippen LogP contribution is 2.19. The van der Waals surface area contributed by atoms with Crippen molar-refractivity contribution in [2.75, 3.05) is 11.9 Å². The number of anilines is 1. The van der Waals surface area contributed by atoms with E-state index in [-0.39, 0.29) is 18.2 Å². The minimum Gasteiger partial charge on any atom is -0.368 e. The van der Waals surface area contributed by atoms with E-state index < -0.39 is 29.7 Å². The molecule has 0 aromatic heterocycles. The van der Waals surface area contributed by atoms with Gasteiger partial charge in [-0.1, -0.05) is 36.2 Å². The Bertz CT molecular complexity index is 627. The smallest absolute Gasteiger partial charge is 0.319 e. The molecular formula is C15H20BrFN4O3. The summed E-state index contributed by atoms with van der Waals surface area (Å²) in [4.78, 5) is 34.9. The molecule has 2 unspecified atom stereocenters. The van der Waals surface area contributed by atoms with Gasteiger partial charge >= 0.3 is 6.03 Å². The van der Waals surface area contributed by atoms with Crippen molar-refractivity contribution in [3.05, 3.63) is 28.5 Å². The molecule has 7 nitrogen and oxygen atoms in total. The standard InChI is InChI=1S/C15H20BrFN4O3/c1-3-8(2)13(14(23)19-7-12(18)22)21-15(24)20-11-5-4-9(16)6-10(11)17/h4-6,8,13H,3,7H2,1-2H3,(H2,18,22)(H,19,23)(H2,20,21,24). The zero-order valence-electron chi connectivity index (χ0n) is 13.4. The fourth-order valence-electron chi connectivity index (χ4n) is 1.88. The molecule has 0 saturated heterocycles. The third kappa shape index (κ3) is 6.15. The SMILES string of the molecule is CCC(C)C(NC(=O)Nc1ccc(Br)cc1F)C(=O)NCC(N)=O. The van der Waals surface area contributed by atoms with Crippen LogP contribution in [0.2, 0.25) is 0 Å². The van der Waals surface area contributed by atoms with Crippen LogP contribution in [0.3, 0.4) is 0 Å². The molecule has 0 heterocycles. The lowest BCUT2D eigenvalue weighted by molar-refractivity contribution is -0.126. The van der Waals surface area contributed by atoms with Gasteiger partial charge in [0.05, 0.1) is 12.2 Å². The van der Waals surface area contributed by atoms with Crippen molar-refractivity contribution in [3.8, 4) is 0 Å². The second-order valence-electron chi connectivity index (χ2n) is 5.27. The van der Waals surface area contributed by atoms with Gasteiger partial charge in [0, 0.05) is 4.47 Å². The summed E-state index contributed by atoms with van der Waals surface area (Å²) in [7, 11) is 0. The number of benzene rings is 1. The van der Waals surface area contributed by atoms with Gasteiger partial charge in [0.1, 0.15) is 11.9 Å². The van der Waals surface area contributed by atoms with E-state index in [4.69, 9.17) is 5.73 Å². The van der Waals surface area contributed by atoms with E-state index in [9.17, 15) is 18.8 Å². The number of hydrogen-bond donors (Lipinski definition) is 4. The van der Waals surface area contributed by atoms with Crippen LogP contribution >= 0.6 is 15.9 Å². The molecule has 0 fully saturated rings. The summed E-state index contributed by atoms with van der Waals surface area (Å²) in [5.41, 5.74) is 4.97. The average molecular weight is 403 g/mol. The van der Waals surface area contributed by atoms with Crippen LogP contribution in [0.1, 0.15) is 20.3 Å². The van der Waals surface area contributed by atoms with Gasteiger partial charge in [0.15, 0.2) is 0 Å². The van der Waals surface area contributed by atoms with Crippen LogP contribution in [0, 0.1) is 11.7 Å². The number of amides is 4. The summed E-state index contributed by atoms with van der Waals surface area (Å²) < 4.78 is 14.3. The van der Waals surface area contributed by atoms with Gasteiger partial charge in [-0.15, -0.1) is 0 Å². The first kappa shape index (κ1) is 19.9. The van der Waals surface area contributed by atoms with E-state index in [0.29, 0.717) is 10.9 Å². The Morgan fingerprint density at radius 2 is 2.00 bits per heavy atom. The summed E-state index contributed by atoms with van der Waals surface area (Å²) in [6.07, 6.45) is 0.613. The van der Waals surface area contributed by atoms with Crippen LogP contribution < -0.4 is 21.7 Å². The van der Waals surface area contributed by atoms with Crippen LogP contribution in [0.4, 0.5) is 14.9 Å². The van der Waals surface area contributed by atoms with Crippen LogP contribution in [-0.2, 0) is 9.59 Å². The Morgan fingerprint density at radius 3 is 2.54 bits per heavy atom. The first-order valence-electron chi connectivity index (χ1n) is 7.33. The van der Waals surface area contributed by atoms with Crippen molar-refractivity contribution < 1.29 is 18.8 Å². The molecular weight excluding hydrogens is 383 g/mol. The topological polar surface area (TPSA) is 113 Å². The number of carbonyl (C=O) groups is 3. The molecule has 0 aliphatic rings. The molecule has 4 amide bonds. The number of urea groups is 1. The summed E-state index contributed by atoms with van der Waals surface area (Å²) in [6, 6.07) is 2.57. The van der Waals surface area contributed by atoms with Crippen molar-refractivity contribution in [1.82, 2.24) is 10.6 Å². The lowest BCUT2D eigenvalue weighted by Gasteiger charge is -2.23. The van der Waals surface area contributed by atoms with Gasteiger partial charge in [-0.2, -0.15) is 0 Å². The van der Waals surface area contributed by atoms with E-state index in [2.05, 4.69) is 31.9 Å². The fourth-order valence-corrected chi connectivity index (χ4v) is 2.21. The highest BCUT2D eigenvalue weighted by Gasteiger charge is 2.26. The van der Waals surface area contributed by atoms with Crippen LogP contribution in [0.5, 0.6) is 0 Å². The third-order valence-corrected chi connectivity index (χ3v) is 3.89. The summed E-state index contributed by atoms with van der Waals surface area (Å²) in [5.74, 6) is -2.03. The molecule has 0 radical (unpaired) electrons. The number of nitrogens with two attached hydrogens (primary N) is 1. The maximum atomic E-state index is 13.7. The first-order chi connectivity index (χ1) is 11.2. The number of rotatable bonds is 7. The van der Waals surface area contributed by atoms with Gasteiger partial charge in [0.25, 0.3) is 0 Å². The maximum Gasteiger partial charge on any atom is 0.319 e. The van der Waals surface area contributed by atoms with E-state index in [1.54, 1.807) is 13.0 Å². The van der Waals surface area contributed by atoms with Gasteiger partial charge in [-0.25, -0.2) is 9.18 Å².